The second-order valence-corrected chi connectivity index (χ2v) is 2.24. The standard InChI is InChI=1S/C7H13NO4/c1-11-6(9)3-5(4-8)7(10)12-2/h5H,3-4,8H2,1-2H3. The average molecular weight is 175 g/mol. The Morgan fingerprint density at radius 2 is 1.92 bits per heavy atom. The van der Waals surface area contributed by atoms with E-state index in [1.165, 1.54) is 14.2 Å². The molecule has 70 valence electrons. The monoisotopic (exact) mass is 175 g/mol. The minimum absolute atomic E-state index is 0.0281. The molecule has 0 aromatic carbocycles. The number of hydrogen-bond acceptors (Lipinski definition) is 5. The minimum Gasteiger partial charge on any atom is -0.469 e. The molecular formula is C7H13NO4. The van der Waals surface area contributed by atoms with Crippen molar-refractivity contribution in [3.05, 3.63) is 0 Å². The maximum atomic E-state index is 10.9. The predicted molar refractivity (Wildman–Crippen MR) is 41.2 cm³/mol. The fraction of sp³-hybridized carbons (Fsp3) is 0.714. The van der Waals surface area contributed by atoms with Gasteiger partial charge in [0, 0.05) is 6.54 Å². The molecule has 0 saturated heterocycles. The van der Waals surface area contributed by atoms with Crippen LogP contribution in [0.5, 0.6) is 0 Å². The molecule has 0 amide bonds. The van der Waals surface area contributed by atoms with E-state index < -0.39 is 17.9 Å². The van der Waals surface area contributed by atoms with Gasteiger partial charge in [-0.15, -0.1) is 0 Å². The first-order chi connectivity index (χ1) is 5.65. The summed E-state index contributed by atoms with van der Waals surface area (Å²) in [6.45, 7) is 0.0851. The Balaban J connectivity index is 3.99. The lowest BCUT2D eigenvalue weighted by atomic mass is 10.1. The third kappa shape index (κ3) is 3.34. The van der Waals surface area contributed by atoms with Gasteiger partial charge >= 0.3 is 11.9 Å². The molecule has 5 nitrogen and oxygen atoms in total. The van der Waals surface area contributed by atoms with Gasteiger partial charge in [-0.2, -0.15) is 0 Å². The number of hydrogen-bond donors (Lipinski definition) is 1. The van der Waals surface area contributed by atoms with Gasteiger partial charge in [-0.25, -0.2) is 0 Å². The topological polar surface area (TPSA) is 78.6 Å². The Kier molecular flexibility index (Phi) is 5.03. The fourth-order valence-corrected chi connectivity index (χ4v) is 0.714. The van der Waals surface area contributed by atoms with Crippen LogP contribution in [0.25, 0.3) is 0 Å². The minimum atomic E-state index is -0.595. The lowest BCUT2D eigenvalue weighted by molar-refractivity contribution is -0.151. The van der Waals surface area contributed by atoms with E-state index in [9.17, 15) is 9.59 Å². The summed E-state index contributed by atoms with van der Waals surface area (Å²) in [7, 11) is 2.51. The summed E-state index contributed by atoms with van der Waals surface area (Å²) >= 11 is 0. The first kappa shape index (κ1) is 10.9. The molecule has 2 N–H and O–H groups in total. The van der Waals surface area contributed by atoms with Crippen LogP contribution in [0.2, 0.25) is 0 Å². The van der Waals surface area contributed by atoms with Gasteiger partial charge in [-0.05, 0) is 0 Å². The summed E-state index contributed by atoms with van der Waals surface area (Å²) in [6.07, 6.45) is -0.0281. The lowest BCUT2D eigenvalue weighted by Crippen LogP contribution is -2.27. The highest BCUT2D eigenvalue weighted by Crippen LogP contribution is 2.04. The van der Waals surface area contributed by atoms with Gasteiger partial charge in [0.2, 0.25) is 0 Å². The lowest BCUT2D eigenvalue weighted by Gasteiger charge is -2.09. The molecule has 0 aliphatic heterocycles. The van der Waals surface area contributed by atoms with Gasteiger partial charge in [0.1, 0.15) is 0 Å². The number of carbonyl (C=O) groups excluding carboxylic acids is 2. The molecule has 0 saturated carbocycles. The van der Waals surface area contributed by atoms with Crippen LogP contribution in [-0.2, 0) is 19.1 Å². The van der Waals surface area contributed by atoms with Gasteiger partial charge in [-0.3, -0.25) is 9.59 Å². The van der Waals surface area contributed by atoms with Crippen LogP contribution < -0.4 is 5.73 Å². The van der Waals surface area contributed by atoms with E-state index in [2.05, 4.69) is 9.47 Å². The van der Waals surface area contributed by atoms with Crippen LogP contribution in [0.1, 0.15) is 6.42 Å². The van der Waals surface area contributed by atoms with Crippen LogP contribution in [0, 0.1) is 5.92 Å². The van der Waals surface area contributed by atoms with E-state index in [1.54, 1.807) is 0 Å². The summed E-state index contributed by atoms with van der Waals surface area (Å²) in [5, 5.41) is 0. The first-order valence-corrected chi connectivity index (χ1v) is 3.50. The number of rotatable bonds is 4. The molecule has 0 aliphatic carbocycles. The second kappa shape index (κ2) is 5.54. The van der Waals surface area contributed by atoms with E-state index in [4.69, 9.17) is 5.73 Å². The highest BCUT2D eigenvalue weighted by atomic mass is 16.5. The Bertz CT molecular complexity index is 169. The first-order valence-electron chi connectivity index (χ1n) is 3.50. The van der Waals surface area contributed by atoms with Crippen LogP contribution in [0.15, 0.2) is 0 Å². The molecule has 5 heteroatoms. The van der Waals surface area contributed by atoms with Gasteiger partial charge < -0.3 is 15.2 Å². The zero-order chi connectivity index (χ0) is 9.56. The zero-order valence-electron chi connectivity index (χ0n) is 7.20. The van der Waals surface area contributed by atoms with Gasteiger partial charge in [-0.1, -0.05) is 0 Å². The van der Waals surface area contributed by atoms with E-state index in [-0.39, 0.29) is 13.0 Å². The summed E-state index contributed by atoms with van der Waals surface area (Å²) in [6, 6.07) is 0. The molecule has 0 spiro atoms. The number of carbonyl (C=O) groups is 2. The van der Waals surface area contributed by atoms with Crippen LogP contribution in [0.4, 0.5) is 0 Å². The molecule has 0 aliphatic rings. The van der Waals surface area contributed by atoms with Crippen molar-refractivity contribution in [3.8, 4) is 0 Å². The van der Waals surface area contributed by atoms with Crippen LogP contribution in [-0.4, -0.2) is 32.7 Å². The van der Waals surface area contributed by atoms with Crippen molar-refractivity contribution in [3.63, 3.8) is 0 Å². The van der Waals surface area contributed by atoms with E-state index >= 15 is 0 Å². The largest absolute Gasteiger partial charge is 0.469 e. The van der Waals surface area contributed by atoms with Crippen molar-refractivity contribution in [2.24, 2.45) is 11.7 Å². The molecule has 0 rings (SSSR count). The normalized spacial score (nSPS) is 11.9. The molecule has 1 unspecified atom stereocenters. The van der Waals surface area contributed by atoms with Crippen molar-refractivity contribution in [1.29, 1.82) is 0 Å². The second-order valence-electron chi connectivity index (χ2n) is 2.24. The van der Waals surface area contributed by atoms with Crippen molar-refractivity contribution < 1.29 is 19.1 Å². The molecule has 0 fully saturated rings. The van der Waals surface area contributed by atoms with Crippen molar-refractivity contribution in [2.45, 2.75) is 6.42 Å². The smallest absolute Gasteiger partial charge is 0.310 e. The maximum absolute atomic E-state index is 10.9. The zero-order valence-corrected chi connectivity index (χ0v) is 7.20. The Morgan fingerprint density at radius 3 is 2.25 bits per heavy atom. The Hall–Kier alpha value is -1.10. The Labute approximate surface area is 70.8 Å². The van der Waals surface area contributed by atoms with E-state index in [1.807, 2.05) is 0 Å². The molecule has 0 aromatic heterocycles. The Morgan fingerprint density at radius 1 is 1.33 bits per heavy atom. The summed E-state index contributed by atoms with van der Waals surface area (Å²) in [4.78, 5) is 21.6. The quantitative estimate of drug-likeness (QED) is 0.571. The van der Waals surface area contributed by atoms with Gasteiger partial charge in [0.05, 0.1) is 26.6 Å². The molecule has 0 bridgehead atoms. The molecule has 0 heterocycles. The number of esters is 2. The van der Waals surface area contributed by atoms with Crippen LogP contribution >= 0.6 is 0 Å². The highest BCUT2D eigenvalue weighted by molar-refractivity contribution is 5.79. The maximum Gasteiger partial charge on any atom is 0.310 e. The van der Waals surface area contributed by atoms with E-state index in [0.717, 1.165) is 0 Å². The molecule has 0 aromatic rings. The third-order valence-corrected chi connectivity index (χ3v) is 1.46. The summed E-state index contributed by atoms with van der Waals surface area (Å²) in [5.41, 5.74) is 5.24. The summed E-state index contributed by atoms with van der Waals surface area (Å²) < 4.78 is 8.80. The number of methoxy groups -OCH3 is 2. The molecule has 0 radical (unpaired) electrons. The fourth-order valence-electron chi connectivity index (χ4n) is 0.714. The van der Waals surface area contributed by atoms with Gasteiger partial charge in [0.25, 0.3) is 0 Å². The predicted octanol–water partition coefficient (Wildman–Crippen LogP) is -0.703. The van der Waals surface area contributed by atoms with Crippen molar-refractivity contribution >= 4 is 11.9 Å². The van der Waals surface area contributed by atoms with E-state index in [0.29, 0.717) is 0 Å². The SMILES string of the molecule is COC(=O)CC(CN)C(=O)OC. The number of nitrogens with two attached hydrogens (primary N) is 1. The third-order valence-electron chi connectivity index (χ3n) is 1.46. The average Bonchev–Trinajstić information content (AvgIpc) is 2.12. The van der Waals surface area contributed by atoms with Crippen molar-refractivity contribution in [2.75, 3.05) is 20.8 Å². The van der Waals surface area contributed by atoms with Crippen molar-refractivity contribution in [1.82, 2.24) is 0 Å². The molecule has 1 atom stereocenters. The number of ether oxygens (including phenoxy) is 2. The summed E-state index contributed by atoms with van der Waals surface area (Å²) in [5.74, 6) is -1.54. The highest BCUT2D eigenvalue weighted by Gasteiger charge is 2.21. The molecule has 12 heavy (non-hydrogen) atoms. The molecular weight excluding hydrogens is 162 g/mol. The van der Waals surface area contributed by atoms with Gasteiger partial charge in [0.15, 0.2) is 0 Å². The van der Waals surface area contributed by atoms with Crippen LogP contribution in [0.3, 0.4) is 0 Å².